The zero-order valence-corrected chi connectivity index (χ0v) is 10.8. The molecule has 0 spiro atoms. The lowest BCUT2D eigenvalue weighted by Gasteiger charge is -2.24. The molecule has 0 aliphatic carbocycles. The van der Waals surface area contributed by atoms with E-state index in [1.165, 1.54) is 19.1 Å². The molecule has 0 aliphatic rings. The molecule has 3 N–H and O–H groups in total. The molecule has 0 saturated heterocycles. The zero-order chi connectivity index (χ0) is 14.7. The summed E-state index contributed by atoms with van der Waals surface area (Å²) in [6.07, 6.45) is -4.34. The van der Waals surface area contributed by atoms with Gasteiger partial charge in [-0.25, -0.2) is 0 Å². The van der Waals surface area contributed by atoms with Crippen molar-refractivity contribution in [2.45, 2.75) is 31.7 Å². The maximum Gasteiger partial charge on any atom is 0.416 e. The number of halogens is 3. The number of aliphatic hydroxyl groups is 2. The lowest BCUT2D eigenvalue weighted by molar-refractivity contribution is -0.137. The summed E-state index contributed by atoms with van der Waals surface area (Å²) in [6.45, 7) is 3.00. The number of rotatable bonds is 5. The van der Waals surface area contributed by atoms with Gasteiger partial charge in [0.25, 0.3) is 0 Å². The topological polar surface area (TPSA) is 52.5 Å². The van der Waals surface area contributed by atoms with Crippen LogP contribution in [0.1, 0.15) is 31.0 Å². The molecule has 3 nitrogen and oxygen atoms in total. The second-order valence-electron chi connectivity index (χ2n) is 4.88. The Labute approximate surface area is 110 Å². The molecule has 6 heteroatoms. The highest BCUT2D eigenvalue weighted by molar-refractivity contribution is 5.26. The standard InChI is InChI=1S/C13H18F3NO2/c1-9(17-7-12(2,19)8-18)10-3-5-11(6-4-10)13(14,15)16/h3-6,9,17-19H,7-8H2,1-2H3. The van der Waals surface area contributed by atoms with Gasteiger partial charge in [-0.1, -0.05) is 12.1 Å². The van der Waals surface area contributed by atoms with Crippen LogP contribution in [0.5, 0.6) is 0 Å². The molecular weight excluding hydrogens is 259 g/mol. The Balaban J connectivity index is 2.66. The van der Waals surface area contributed by atoms with Crippen molar-refractivity contribution in [1.82, 2.24) is 5.32 Å². The molecule has 0 radical (unpaired) electrons. The van der Waals surface area contributed by atoms with Crippen molar-refractivity contribution in [2.75, 3.05) is 13.2 Å². The molecule has 0 fully saturated rings. The summed E-state index contributed by atoms with van der Waals surface area (Å²) in [5.74, 6) is 0. The SMILES string of the molecule is CC(NCC(C)(O)CO)c1ccc(C(F)(F)F)cc1. The number of aliphatic hydroxyl groups excluding tert-OH is 1. The summed E-state index contributed by atoms with van der Waals surface area (Å²) in [6, 6.07) is 4.62. The van der Waals surface area contributed by atoms with Crippen LogP contribution in [0.4, 0.5) is 13.2 Å². The molecule has 0 aromatic heterocycles. The third-order valence-electron chi connectivity index (χ3n) is 2.87. The van der Waals surface area contributed by atoms with Crippen molar-refractivity contribution >= 4 is 0 Å². The average molecular weight is 277 g/mol. The van der Waals surface area contributed by atoms with Crippen LogP contribution in [0.15, 0.2) is 24.3 Å². The second-order valence-corrected chi connectivity index (χ2v) is 4.88. The van der Waals surface area contributed by atoms with Crippen molar-refractivity contribution in [1.29, 1.82) is 0 Å². The molecule has 108 valence electrons. The fraction of sp³-hybridized carbons (Fsp3) is 0.538. The van der Waals surface area contributed by atoms with E-state index in [1.54, 1.807) is 6.92 Å². The summed E-state index contributed by atoms with van der Waals surface area (Å²) in [5, 5.41) is 21.5. The molecule has 1 aromatic carbocycles. The van der Waals surface area contributed by atoms with Gasteiger partial charge in [0.1, 0.15) is 0 Å². The minimum absolute atomic E-state index is 0.145. The fourth-order valence-electron chi connectivity index (χ4n) is 1.51. The maximum absolute atomic E-state index is 12.4. The van der Waals surface area contributed by atoms with E-state index < -0.39 is 17.3 Å². The molecule has 19 heavy (non-hydrogen) atoms. The van der Waals surface area contributed by atoms with Gasteiger partial charge in [0, 0.05) is 12.6 Å². The summed E-state index contributed by atoms with van der Waals surface area (Å²) < 4.78 is 37.2. The van der Waals surface area contributed by atoms with Gasteiger partial charge < -0.3 is 15.5 Å². The predicted octanol–water partition coefficient (Wildman–Crippen LogP) is 2.10. The number of benzene rings is 1. The Bertz CT molecular complexity index is 401. The van der Waals surface area contributed by atoms with E-state index in [-0.39, 0.29) is 19.2 Å². The Morgan fingerprint density at radius 3 is 2.16 bits per heavy atom. The van der Waals surface area contributed by atoms with Crippen LogP contribution in [-0.4, -0.2) is 29.0 Å². The van der Waals surface area contributed by atoms with E-state index in [0.717, 1.165) is 12.1 Å². The Hall–Kier alpha value is -1.11. The molecular formula is C13H18F3NO2. The predicted molar refractivity (Wildman–Crippen MR) is 65.6 cm³/mol. The summed E-state index contributed by atoms with van der Waals surface area (Å²) >= 11 is 0. The van der Waals surface area contributed by atoms with Crippen LogP contribution in [0.3, 0.4) is 0 Å². The normalized spacial score (nSPS) is 17.0. The number of nitrogens with one attached hydrogen (secondary N) is 1. The van der Waals surface area contributed by atoms with Crippen molar-refractivity contribution < 1.29 is 23.4 Å². The van der Waals surface area contributed by atoms with Gasteiger partial charge in [0.15, 0.2) is 0 Å². The van der Waals surface area contributed by atoms with Gasteiger partial charge in [0.2, 0.25) is 0 Å². The average Bonchev–Trinajstić information content (AvgIpc) is 2.35. The Morgan fingerprint density at radius 1 is 1.21 bits per heavy atom. The molecule has 1 rings (SSSR count). The van der Waals surface area contributed by atoms with Crippen LogP contribution < -0.4 is 5.32 Å². The third kappa shape index (κ3) is 4.81. The molecule has 2 atom stereocenters. The highest BCUT2D eigenvalue weighted by Gasteiger charge is 2.30. The largest absolute Gasteiger partial charge is 0.416 e. The molecule has 1 aromatic rings. The van der Waals surface area contributed by atoms with Crippen molar-refractivity contribution in [3.05, 3.63) is 35.4 Å². The van der Waals surface area contributed by atoms with Crippen LogP contribution >= 0.6 is 0 Å². The zero-order valence-electron chi connectivity index (χ0n) is 10.8. The van der Waals surface area contributed by atoms with Gasteiger partial charge in [0.05, 0.1) is 17.8 Å². The highest BCUT2D eigenvalue weighted by Crippen LogP contribution is 2.29. The van der Waals surface area contributed by atoms with Gasteiger partial charge >= 0.3 is 6.18 Å². The molecule has 0 heterocycles. The third-order valence-corrected chi connectivity index (χ3v) is 2.87. The minimum atomic E-state index is -4.34. The maximum atomic E-state index is 12.4. The van der Waals surface area contributed by atoms with Crippen LogP contribution in [0, 0.1) is 0 Å². The Kier molecular flexibility index (Phi) is 4.95. The molecule has 0 aliphatic heterocycles. The van der Waals surface area contributed by atoms with Gasteiger partial charge in [-0.3, -0.25) is 0 Å². The monoisotopic (exact) mass is 277 g/mol. The first kappa shape index (κ1) is 15.9. The Morgan fingerprint density at radius 2 is 1.74 bits per heavy atom. The lowest BCUT2D eigenvalue weighted by Crippen LogP contribution is -2.41. The number of hydrogen-bond acceptors (Lipinski definition) is 3. The van der Waals surface area contributed by atoms with E-state index in [2.05, 4.69) is 5.32 Å². The smallest absolute Gasteiger partial charge is 0.393 e. The summed E-state index contributed by atoms with van der Waals surface area (Å²) in [5.41, 5.74) is -1.26. The fourth-order valence-corrected chi connectivity index (χ4v) is 1.51. The summed E-state index contributed by atoms with van der Waals surface area (Å²) in [7, 11) is 0. The molecule has 0 amide bonds. The van der Waals surface area contributed by atoms with Crippen LogP contribution in [0.2, 0.25) is 0 Å². The quantitative estimate of drug-likeness (QED) is 0.772. The highest BCUT2D eigenvalue weighted by atomic mass is 19.4. The molecule has 0 bridgehead atoms. The number of alkyl halides is 3. The summed E-state index contributed by atoms with van der Waals surface area (Å²) in [4.78, 5) is 0. The second kappa shape index (κ2) is 5.90. The van der Waals surface area contributed by atoms with Gasteiger partial charge in [-0.05, 0) is 31.5 Å². The first-order valence-electron chi connectivity index (χ1n) is 5.89. The molecule has 0 saturated carbocycles. The van der Waals surface area contributed by atoms with E-state index >= 15 is 0 Å². The van der Waals surface area contributed by atoms with Crippen molar-refractivity contribution in [3.8, 4) is 0 Å². The van der Waals surface area contributed by atoms with Gasteiger partial charge in [-0.15, -0.1) is 0 Å². The van der Waals surface area contributed by atoms with Crippen molar-refractivity contribution in [3.63, 3.8) is 0 Å². The lowest BCUT2D eigenvalue weighted by atomic mass is 10.0. The van der Waals surface area contributed by atoms with E-state index in [0.29, 0.717) is 5.56 Å². The van der Waals surface area contributed by atoms with Gasteiger partial charge in [-0.2, -0.15) is 13.2 Å². The first-order valence-corrected chi connectivity index (χ1v) is 5.89. The van der Waals surface area contributed by atoms with Crippen LogP contribution in [-0.2, 0) is 6.18 Å². The van der Waals surface area contributed by atoms with E-state index in [4.69, 9.17) is 5.11 Å². The minimum Gasteiger partial charge on any atom is -0.393 e. The van der Waals surface area contributed by atoms with E-state index in [1.807, 2.05) is 0 Å². The first-order chi connectivity index (χ1) is 8.65. The molecule has 2 unspecified atom stereocenters. The van der Waals surface area contributed by atoms with Crippen LogP contribution in [0.25, 0.3) is 0 Å². The van der Waals surface area contributed by atoms with Crippen molar-refractivity contribution in [2.24, 2.45) is 0 Å². The number of hydrogen-bond donors (Lipinski definition) is 3. The van der Waals surface area contributed by atoms with E-state index in [9.17, 15) is 18.3 Å².